The molecule has 1 N–H and O–H groups in total. The van der Waals surface area contributed by atoms with Crippen LogP contribution >= 0.6 is 12.4 Å². The van der Waals surface area contributed by atoms with Crippen LogP contribution in [0.5, 0.6) is 0 Å². The Morgan fingerprint density at radius 1 is 1.32 bits per heavy atom. The van der Waals surface area contributed by atoms with Gasteiger partial charge in [-0.3, -0.25) is 4.79 Å². The molecule has 1 amide bonds. The fourth-order valence-electron chi connectivity index (χ4n) is 2.16. The van der Waals surface area contributed by atoms with Gasteiger partial charge in [0.05, 0.1) is 13.2 Å². The van der Waals surface area contributed by atoms with E-state index in [9.17, 15) is 4.79 Å². The lowest BCUT2D eigenvalue weighted by atomic mass is 10.2. The van der Waals surface area contributed by atoms with Gasteiger partial charge < -0.3 is 19.7 Å². The summed E-state index contributed by atoms with van der Waals surface area (Å²) in [6, 6.07) is 0.341. The minimum atomic E-state index is 0. The van der Waals surface area contributed by atoms with E-state index in [2.05, 4.69) is 12.2 Å². The van der Waals surface area contributed by atoms with Crippen LogP contribution in [-0.4, -0.2) is 62.9 Å². The second-order valence-corrected chi connectivity index (χ2v) is 4.48. The lowest BCUT2D eigenvalue weighted by Crippen LogP contribution is -2.44. The molecular formula is C13H27ClN2O3. The molecule has 1 aliphatic rings. The summed E-state index contributed by atoms with van der Waals surface area (Å²) in [6.45, 7) is 8.68. The van der Waals surface area contributed by atoms with E-state index in [0.29, 0.717) is 25.9 Å². The van der Waals surface area contributed by atoms with Crippen LogP contribution in [0.1, 0.15) is 26.7 Å². The smallest absolute Gasteiger partial charge is 0.248 e. The molecule has 1 atom stereocenters. The molecule has 0 bridgehead atoms. The average Bonchev–Trinajstić information content (AvgIpc) is 2.89. The monoisotopic (exact) mass is 294 g/mol. The molecule has 1 saturated heterocycles. The van der Waals surface area contributed by atoms with Crippen LogP contribution in [0.25, 0.3) is 0 Å². The molecule has 1 aliphatic heterocycles. The van der Waals surface area contributed by atoms with Crippen LogP contribution in [0.3, 0.4) is 0 Å². The third-order valence-corrected chi connectivity index (χ3v) is 3.06. The quantitative estimate of drug-likeness (QED) is 0.646. The first-order chi connectivity index (χ1) is 8.79. The van der Waals surface area contributed by atoms with Gasteiger partial charge in [-0.1, -0.05) is 6.92 Å². The zero-order valence-corrected chi connectivity index (χ0v) is 12.8. The maximum absolute atomic E-state index is 12.1. The maximum atomic E-state index is 12.1. The van der Waals surface area contributed by atoms with Gasteiger partial charge in [0.1, 0.15) is 6.61 Å². The van der Waals surface area contributed by atoms with Crippen molar-refractivity contribution in [2.24, 2.45) is 0 Å². The van der Waals surface area contributed by atoms with Gasteiger partial charge in [-0.2, -0.15) is 0 Å². The van der Waals surface area contributed by atoms with Gasteiger partial charge >= 0.3 is 0 Å². The highest BCUT2D eigenvalue weighted by atomic mass is 35.5. The van der Waals surface area contributed by atoms with Crippen molar-refractivity contribution in [1.82, 2.24) is 10.2 Å². The summed E-state index contributed by atoms with van der Waals surface area (Å²) in [4.78, 5) is 14.0. The predicted molar refractivity (Wildman–Crippen MR) is 77.8 cm³/mol. The molecular weight excluding hydrogens is 268 g/mol. The molecule has 6 heteroatoms. The number of hydrogen-bond acceptors (Lipinski definition) is 4. The molecule has 0 saturated carbocycles. The summed E-state index contributed by atoms with van der Waals surface area (Å²) in [6.07, 6.45) is 2.03. The molecule has 0 aromatic rings. The summed E-state index contributed by atoms with van der Waals surface area (Å²) >= 11 is 0. The average molecular weight is 295 g/mol. The molecule has 1 unspecified atom stereocenters. The van der Waals surface area contributed by atoms with Gasteiger partial charge in [0.25, 0.3) is 0 Å². The standard InChI is InChI=1S/C13H26N2O3.ClH/c1-3-7-15(12-5-6-14-10-12)13(16)11-18-9-8-17-4-2;/h12,14H,3-11H2,1-2H3;1H. The molecule has 114 valence electrons. The molecule has 1 fully saturated rings. The van der Waals surface area contributed by atoms with E-state index < -0.39 is 0 Å². The normalized spacial score (nSPS) is 18.1. The first-order valence-corrected chi connectivity index (χ1v) is 6.95. The van der Waals surface area contributed by atoms with Crippen molar-refractivity contribution in [3.8, 4) is 0 Å². The largest absolute Gasteiger partial charge is 0.379 e. The molecule has 0 aromatic heterocycles. The lowest BCUT2D eigenvalue weighted by Gasteiger charge is -2.28. The van der Waals surface area contributed by atoms with Crippen molar-refractivity contribution >= 4 is 18.3 Å². The van der Waals surface area contributed by atoms with E-state index in [1.54, 1.807) is 0 Å². The Morgan fingerprint density at radius 2 is 2.05 bits per heavy atom. The minimum absolute atomic E-state index is 0. The van der Waals surface area contributed by atoms with Gasteiger partial charge in [0, 0.05) is 25.7 Å². The lowest BCUT2D eigenvalue weighted by molar-refractivity contribution is -0.138. The first-order valence-electron chi connectivity index (χ1n) is 6.95. The van der Waals surface area contributed by atoms with Crippen LogP contribution in [0, 0.1) is 0 Å². The molecule has 5 nitrogen and oxygen atoms in total. The van der Waals surface area contributed by atoms with E-state index >= 15 is 0 Å². The van der Waals surface area contributed by atoms with Crippen molar-refractivity contribution in [3.63, 3.8) is 0 Å². The second kappa shape index (κ2) is 11.5. The Hall–Kier alpha value is -0.360. The molecule has 0 aromatic carbocycles. The van der Waals surface area contributed by atoms with Crippen molar-refractivity contribution in [2.75, 3.05) is 46.1 Å². The van der Waals surface area contributed by atoms with E-state index in [-0.39, 0.29) is 24.9 Å². The molecule has 0 radical (unpaired) electrons. The van der Waals surface area contributed by atoms with Crippen molar-refractivity contribution in [3.05, 3.63) is 0 Å². The van der Waals surface area contributed by atoms with Crippen molar-refractivity contribution in [1.29, 1.82) is 0 Å². The van der Waals surface area contributed by atoms with Gasteiger partial charge in [-0.25, -0.2) is 0 Å². The van der Waals surface area contributed by atoms with E-state index in [4.69, 9.17) is 9.47 Å². The van der Waals surface area contributed by atoms with Crippen LogP contribution in [0.15, 0.2) is 0 Å². The third kappa shape index (κ3) is 7.11. The Labute approximate surface area is 122 Å². The number of halogens is 1. The third-order valence-electron chi connectivity index (χ3n) is 3.06. The fourth-order valence-corrected chi connectivity index (χ4v) is 2.16. The molecule has 0 spiro atoms. The maximum Gasteiger partial charge on any atom is 0.248 e. The second-order valence-electron chi connectivity index (χ2n) is 4.48. The summed E-state index contributed by atoms with van der Waals surface area (Å²) in [5.41, 5.74) is 0. The first kappa shape index (κ1) is 18.6. The highest BCUT2D eigenvalue weighted by Gasteiger charge is 2.25. The number of carbonyl (C=O) groups is 1. The number of nitrogens with one attached hydrogen (secondary N) is 1. The van der Waals surface area contributed by atoms with Gasteiger partial charge in [-0.15, -0.1) is 12.4 Å². The number of hydrogen-bond donors (Lipinski definition) is 1. The van der Waals surface area contributed by atoms with Crippen molar-refractivity contribution < 1.29 is 14.3 Å². The Kier molecular flexibility index (Phi) is 11.2. The van der Waals surface area contributed by atoms with Gasteiger partial charge in [-0.05, 0) is 26.3 Å². The topological polar surface area (TPSA) is 50.8 Å². The number of rotatable bonds is 9. The zero-order valence-electron chi connectivity index (χ0n) is 12.0. The number of carbonyl (C=O) groups excluding carboxylic acids is 1. The summed E-state index contributed by atoms with van der Waals surface area (Å²) in [5, 5.41) is 3.30. The summed E-state index contributed by atoms with van der Waals surface area (Å²) < 4.78 is 10.5. The fraction of sp³-hybridized carbons (Fsp3) is 0.923. The van der Waals surface area contributed by atoms with Gasteiger partial charge in [0.2, 0.25) is 5.91 Å². The van der Waals surface area contributed by atoms with E-state index in [0.717, 1.165) is 32.5 Å². The molecule has 1 rings (SSSR count). The highest BCUT2D eigenvalue weighted by molar-refractivity contribution is 5.85. The van der Waals surface area contributed by atoms with E-state index in [1.807, 2.05) is 11.8 Å². The number of ether oxygens (including phenoxy) is 2. The minimum Gasteiger partial charge on any atom is -0.379 e. The Bertz CT molecular complexity index is 236. The Morgan fingerprint density at radius 3 is 2.63 bits per heavy atom. The van der Waals surface area contributed by atoms with Crippen LogP contribution < -0.4 is 5.32 Å². The van der Waals surface area contributed by atoms with Gasteiger partial charge in [0.15, 0.2) is 0 Å². The van der Waals surface area contributed by atoms with Crippen molar-refractivity contribution in [2.45, 2.75) is 32.7 Å². The van der Waals surface area contributed by atoms with Crippen LogP contribution in [-0.2, 0) is 14.3 Å². The number of nitrogens with zero attached hydrogens (tertiary/aromatic N) is 1. The SMILES string of the molecule is CCCN(C(=O)COCCOCC)C1CCNC1.Cl. The zero-order chi connectivity index (χ0) is 13.2. The summed E-state index contributed by atoms with van der Waals surface area (Å²) in [7, 11) is 0. The molecule has 0 aliphatic carbocycles. The predicted octanol–water partition coefficient (Wildman–Crippen LogP) is 1.06. The Balaban J connectivity index is 0.00000324. The number of amides is 1. The van der Waals surface area contributed by atoms with Crippen LogP contribution in [0.2, 0.25) is 0 Å². The van der Waals surface area contributed by atoms with E-state index in [1.165, 1.54) is 0 Å². The highest BCUT2D eigenvalue weighted by Crippen LogP contribution is 2.09. The van der Waals surface area contributed by atoms with Crippen LogP contribution in [0.4, 0.5) is 0 Å². The summed E-state index contributed by atoms with van der Waals surface area (Å²) in [5.74, 6) is 0.0991. The molecule has 1 heterocycles. The molecule has 19 heavy (non-hydrogen) atoms.